The molecule has 1 amide bonds. The Morgan fingerprint density at radius 2 is 1.77 bits per heavy atom. The molecule has 0 aliphatic heterocycles. The van der Waals surface area contributed by atoms with Crippen LogP contribution in [-0.4, -0.2) is 23.8 Å². The predicted molar refractivity (Wildman–Crippen MR) is 92.1 cm³/mol. The summed E-state index contributed by atoms with van der Waals surface area (Å²) in [5.74, 6) is 0.300. The average molecular weight is 306 g/mol. The first kappa shape index (κ1) is 18.3. The zero-order chi connectivity index (χ0) is 16.8. The van der Waals surface area contributed by atoms with Crippen LogP contribution in [0.2, 0.25) is 0 Å². The summed E-state index contributed by atoms with van der Waals surface area (Å²) in [6.07, 6.45) is 0.549. The summed E-state index contributed by atoms with van der Waals surface area (Å²) >= 11 is 0. The van der Waals surface area contributed by atoms with Gasteiger partial charge in [-0.15, -0.1) is 0 Å². The van der Waals surface area contributed by atoms with E-state index < -0.39 is 5.60 Å². The van der Waals surface area contributed by atoms with E-state index in [1.807, 2.05) is 51.1 Å². The molecule has 2 unspecified atom stereocenters. The summed E-state index contributed by atoms with van der Waals surface area (Å²) in [5, 5.41) is 6.53. The van der Waals surface area contributed by atoms with Gasteiger partial charge in [0.25, 0.3) is 0 Å². The summed E-state index contributed by atoms with van der Waals surface area (Å²) in [6, 6.07) is 10.2. The molecular weight excluding hydrogens is 276 g/mol. The van der Waals surface area contributed by atoms with E-state index in [4.69, 9.17) is 4.74 Å². The molecule has 2 N–H and O–H groups in total. The Kier molecular flexibility index (Phi) is 6.72. The van der Waals surface area contributed by atoms with E-state index in [1.54, 1.807) is 0 Å². The Balaban J connectivity index is 2.76. The van der Waals surface area contributed by atoms with Gasteiger partial charge in [0.2, 0.25) is 0 Å². The van der Waals surface area contributed by atoms with E-state index in [2.05, 4.69) is 31.4 Å². The molecule has 124 valence electrons. The largest absolute Gasteiger partial charge is 0.444 e. The highest BCUT2D eigenvalue weighted by Crippen LogP contribution is 2.17. The number of nitrogens with one attached hydrogen (secondary N) is 2. The Hall–Kier alpha value is -1.71. The van der Waals surface area contributed by atoms with Crippen LogP contribution in [0.5, 0.6) is 0 Å². The van der Waals surface area contributed by atoms with Crippen molar-refractivity contribution in [3.8, 4) is 0 Å². The van der Waals surface area contributed by atoms with Gasteiger partial charge < -0.3 is 15.4 Å². The highest BCUT2D eigenvalue weighted by molar-refractivity contribution is 5.68. The first-order valence-corrected chi connectivity index (χ1v) is 8.04. The van der Waals surface area contributed by atoms with Gasteiger partial charge in [-0.25, -0.2) is 4.79 Å². The topological polar surface area (TPSA) is 50.4 Å². The molecule has 2 atom stereocenters. The number of amides is 1. The van der Waals surface area contributed by atoms with Crippen LogP contribution >= 0.6 is 0 Å². The third-order valence-electron chi connectivity index (χ3n) is 3.40. The number of rotatable bonds is 6. The maximum Gasteiger partial charge on any atom is 0.407 e. The second-order valence-corrected chi connectivity index (χ2v) is 6.94. The predicted octanol–water partition coefficient (Wildman–Crippen LogP) is 4.43. The molecular formula is C18H30N2O2. The number of para-hydroxylation sites is 1. The van der Waals surface area contributed by atoms with Crippen molar-refractivity contribution in [1.29, 1.82) is 0 Å². The molecule has 0 bridgehead atoms. The van der Waals surface area contributed by atoms with Gasteiger partial charge in [0.05, 0.1) is 6.04 Å². The van der Waals surface area contributed by atoms with Gasteiger partial charge in [-0.3, -0.25) is 0 Å². The number of benzene rings is 1. The van der Waals surface area contributed by atoms with Crippen molar-refractivity contribution < 1.29 is 9.53 Å². The lowest BCUT2D eigenvalue weighted by Gasteiger charge is -2.32. The second-order valence-electron chi connectivity index (χ2n) is 6.94. The molecule has 0 fully saturated rings. The number of hydrogen-bond donors (Lipinski definition) is 2. The smallest absolute Gasteiger partial charge is 0.407 e. The first-order chi connectivity index (χ1) is 10.2. The number of carbonyl (C=O) groups is 1. The molecule has 1 aromatic rings. The van der Waals surface area contributed by atoms with Crippen LogP contribution in [0.3, 0.4) is 0 Å². The lowest BCUT2D eigenvalue weighted by molar-refractivity contribution is 0.0482. The van der Waals surface area contributed by atoms with Crippen molar-refractivity contribution in [2.75, 3.05) is 5.32 Å². The Morgan fingerprint density at radius 3 is 2.23 bits per heavy atom. The molecule has 1 aromatic carbocycles. The molecule has 0 saturated carbocycles. The molecule has 0 spiro atoms. The van der Waals surface area contributed by atoms with E-state index in [1.165, 1.54) is 0 Å². The van der Waals surface area contributed by atoms with Crippen molar-refractivity contribution in [3.05, 3.63) is 30.3 Å². The molecule has 1 rings (SSSR count). The monoisotopic (exact) mass is 306 g/mol. The van der Waals surface area contributed by atoms with E-state index >= 15 is 0 Å². The zero-order valence-corrected chi connectivity index (χ0v) is 14.6. The summed E-state index contributed by atoms with van der Waals surface area (Å²) < 4.78 is 5.39. The van der Waals surface area contributed by atoms with Crippen LogP contribution in [0.4, 0.5) is 10.5 Å². The average Bonchev–Trinajstić information content (AvgIpc) is 2.41. The van der Waals surface area contributed by atoms with Crippen LogP contribution in [0.15, 0.2) is 30.3 Å². The highest BCUT2D eigenvalue weighted by Gasteiger charge is 2.27. The van der Waals surface area contributed by atoms with Crippen LogP contribution in [-0.2, 0) is 4.74 Å². The van der Waals surface area contributed by atoms with Gasteiger partial charge in [-0.1, -0.05) is 39.0 Å². The standard InChI is InChI=1S/C18H30N2O2/c1-7-15(19-14-11-9-8-10-12-14)16(13(2)3)20-17(21)22-18(4,5)6/h8-13,15-16,19H,7H2,1-6H3,(H,20,21). The van der Waals surface area contributed by atoms with Crippen molar-refractivity contribution in [3.63, 3.8) is 0 Å². The van der Waals surface area contributed by atoms with E-state index in [0.717, 1.165) is 12.1 Å². The van der Waals surface area contributed by atoms with Gasteiger partial charge in [0.15, 0.2) is 0 Å². The number of alkyl carbamates (subject to hydrolysis) is 1. The SMILES string of the molecule is CCC(Nc1ccccc1)C(NC(=O)OC(C)(C)C)C(C)C. The molecule has 22 heavy (non-hydrogen) atoms. The maximum absolute atomic E-state index is 12.1. The first-order valence-electron chi connectivity index (χ1n) is 8.04. The fraction of sp³-hybridized carbons (Fsp3) is 0.611. The van der Waals surface area contributed by atoms with E-state index in [-0.39, 0.29) is 18.2 Å². The molecule has 0 aliphatic carbocycles. The molecule has 0 saturated heterocycles. The number of anilines is 1. The maximum atomic E-state index is 12.1. The molecule has 4 nitrogen and oxygen atoms in total. The molecule has 0 radical (unpaired) electrons. The van der Waals surface area contributed by atoms with Crippen molar-refractivity contribution >= 4 is 11.8 Å². The molecule has 0 aliphatic rings. The Labute approximate surface area is 134 Å². The van der Waals surface area contributed by atoms with Crippen LogP contribution in [0, 0.1) is 5.92 Å². The van der Waals surface area contributed by atoms with Gasteiger partial charge in [0.1, 0.15) is 5.60 Å². The van der Waals surface area contributed by atoms with Gasteiger partial charge in [-0.2, -0.15) is 0 Å². The third kappa shape index (κ3) is 6.37. The Bertz CT molecular complexity index is 452. The van der Waals surface area contributed by atoms with Crippen molar-refractivity contribution in [2.24, 2.45) is 5.92 Å². The van der Waals surface area contributed by atoms with E-state index in [0.29, 0.717) is 5.92 Å². The number of ether oxygens (including phenoxy) is 1. The van der Waals surface area contributed by atoms with Gasteiger partial charge >= 0.3 is 6.09 Å². The van der Waals surface area contributed by atoms with E-state index in [9.17, 15) is 4.79 Å². The summed E-state index contributed by atoms with van der Waals surface area (Å²) in [4.78, 5) is 12.1. The van der Waals surface area contributed by atoms with Gasteiger partial charge in [-0.05, 0) is 45.2 Å². The minimum absolute atomic E-state index is 0.0000520. The summed E-state index contributed by atoms with van der Waals surface area (Å²) in [6.45, 7) is 11.9. The van der Waals surface area contributed by atoms with Crippen molar-refractivity contribution in [2.45, 2.75) is 65.6 Å². The van der Waals surface area contributed by atoms with Gasteiger partial charge in [0, 0.05) is 11.7 Å². The van der Waals surface area contributed by atoms with Crippen LogP contribution in [0.25, 0.3) is 0 Å². The summed E-state index contributed by atoms with van der Waals surface area (Å²) in [5.41, 5.74) is 0.575. The highest BCUT2D eigenvalue weighted by atomic mass is 16.6. The second kappa shape index (κ2) is 8.06. The summed E-state index contributed by atoms with van der Waals surface area (Å²) in [7, 11) is 0. The number of hydrogen-bond acceptors (Lipinski definition) is 3. The minimum atomic E-state index is -0.486. The quantitative estimate of drug-likeness (QED) is 0.817. The van der Waals surface area contributed by atoms with Crippen LogP contribution in [0.1, 0.15) is 48.0 Å². The number of carbonyl (C=O) groups excluding carboxylic acids is 1. The molecule has 0 heterocycles. The normalized spacial score (nSPS) is 14.3. The minimum Gasteiger partial charge on any atom is -0.444 e. The lowest BCUT2D eigenvalue weighted by Crippen LogP contribution is -2.50. The fourth-order valence-corrected chi connectivity index (χ4v) is 2.37. The lowest BCUT2D eigenvalue weighted by atomic mass is 9.94. The molecule has 4 heteroatoms. The molecule has 0 aromatic heterocycles. The third-order valence-corrected chi connectivity index (χ3v) is 3.40. The van der Waals surface area contributed by atoms with Crippen molar-refractivity contribution in [1.82, 2.24) is 5.32 Å². The Morgan fingerprint density at radius 1 is 1.18 bits per heavy atom. The fourth-order valence-electron chi connectivity index (χ4n) is 2.37. The zero-order valence-electron chi connectivity index (χ0n) is 14.6. The van der Waals surface area contributed by atoms with Crippen LogP contribution < -0.4 is 10.6 Å².